The van der Waals surface area contributed by atoms with E-state index >= 15 is 0 Å². The van der Waals surface area contributed by atoms with E-state index in [2.05, 4.69) is 23.7 Å². The lowest BCUT2D eigenvalue weighted by molar-refractivity contribution is -0.116. The van der Waals surface area contributed by atoms with Crippen LogP contribution in [0.1, 0.15) is 39.0 Å². The first kappa shape index (κ1) is 11.6. The fourth-order valence-corrected chi connectivity index (χ4v) is 2.56. The highest BCUT2D eigenvalue weighted by molar-refractivity contribution is 5.83. The van der Waals surface area contributed by atoms with E-state index in [1.54, 1.807) is 0 Å². The number of ketones is 1. The number of carbonyl (C=O) groups excluding carboxylic acids is 1. The predicted molar refractivity (Wildman–Crippen MR) is 65.2 cm³/mol. The van der Waals surface area contributed by atoms with Crippen molar-refractivity contribution in [2.75, 3.05) is 13.1 Å². The van der Waals surface area contributed by atoms with E-state index in [1.807, 2.05) is 0 Å². The monoisotopic (exact) mass is 222 g/mol. The van der Waals surface area contributed by atoms with Crippen LogP contribution in [-0.2, 0) is 4.79 Å². The zero-order valence-electron chi connectivity index (χ0n) is 10.2. The highest BCUT2D eigenvalue weighted by atomic mass is 16.1. The number of nitrogens with one attached hydrogen (secondary N) is 1. The molecule has 1 N–H and O–H groups in total. The van der Waals surface area contributed by atoms with Crippen LogP contribution in [0.15, 0.2) is 12.3 Å². The van der Waals surface area contributed by atoms with Gasteiger partial charge in [-0.1, -0.05) is 6.58 Å². The summed E-state index contributed by atoms with van der Waals surface area (Å²) >= 11 is 0. The molecule has 2 fully saturated rings. The van der Waals surface area contributed by atoms with Gasteiger partial charge in [-0.25, -0.2) is 0 Å². The third-order valence-electron chi connectivity index (χ3n) is 3.79. The molecule has 3 nitrogen and oxygen atoms in total. The Morgan fingerprint density at radius 3 is 2.75 bits per heavy atom. The number of allylic oxidation sites excluding steroid dienone is 1. The van der Waals surface area contributed by atoms with Gasteiger partial charge in [-0.2, -0.15) is 0 Å². The second-order valence-corrected chi connectivity index (χ2v) is 5.12. The van der Waals surface area contributed by atoms with E-state index in [4.69, 9.17) is 0 Å². The van der Waals surface area contributed by atoms with Crippen LogP contribution in [0.5, 0.6) is 0 Å². The summed E-state index contributed by atoms with van der Waals surface area (Å²) in [6.07, 6.45) is 5.76. The molecule has 1 atom stereocenters. The minimum absolute atomic E-state index is 0.357. The zero-order valence-corrected chi connectivity index (χ0v) is 10.2. The lowest BCUT2D eigenvalue weighted by Gasteiger charge is -2.40. The van der Waals surface area contributed by atoms with Crippen molar-refractivity contribution in [3.05, 3.63) is 12.3 Å². The highest BCUT2D eigenvalue weighted by Crippen LogP contribution is 2.27. The molecular weight excluding hydrogens is 200 g/mol. The molecule has 0 aromatic carbocycles. The summed E-state index contributed by atoms with van der Waals surface area (Å²) in [4.78, 5) is 13.6. The summed E-state index contributed by atoms with van der Waals surface area (Å²) in [6, 6.07) is 1.11. The largest absolute Gasteiger partial charge is 0.372 e. The van der Waals surface area contributed by atoms with Crippen LogP contribution in [0, 0.1) is 0 Å². The molecule has 1 aliphatic heterocycles. The van der Waals surface area contributed by atoms with Gasteiger partial charge in [0, 0.05) is 30.7 Å². The first-order valence-corrected chi connectivity index (χ1v) is 6.34. The molecule has 0 radical (unpaired) electrons. The van der Waals surface area contributed by atoms with Gasteiger partial charge in [-0.05, 0) is 32.6 Å². The third kappa shape index (κ3) is 2.64. The Kier molecular flexibility index (Phi) is 3.64. The number of carbonyl (C=O) groups is 1. The molecule has 1 heterocycles. The molecule has 3 heteroatoms. The first-order chi connectivity index (χ1) is 7.66. The smallest absolute Gasteiger partial charge is 0.148 e. The van der Waals surface area contributed by atoms with Crippen molar-refractivity contribution >= 4 is 5.78 Å². The average Bonchev–Trinajstić information content (AvgIpc) is 2.55. The van der Waals surface area contributed by atoms with Gasteiger partial charge in [0.1, 0.15) is 5.78 Å². The number of Topliss-reactive ketones (excluding diaryl/α,β-unsaturated/α-hetero) is 1. The molecular formula is C13H22N2O. The van der Waals surface area contributed by atoms with Crippen molar-refractivity contribution in [2.24, 2.45) is 0 Å². The van der Waals surface area contributed by atoms with Gasteiger partial charge >= 0.3 is 0 Å². The summed E-state index contributed by atoms with van der Waals surface area (Å²) in [5, 5.41) is 3.27. The van der Waals surface area contributed by atoms with E-state index in [0.29, 0.717) is 24.8 Å². The van der Waals surface area contributed by atoms with Gasteiger partial charge in [0.25, 0.3) is 0 Å². The van der Waals surface area contributed by atoms with Gasteiger partial charge < -0.3 is 10.2 Å². The molecule has 1 saturated carbocycles. The summed E-state index contributed by atoms with van der Waals surface area (Å²) < 4.78 is 0. The van der Waals surface area contributed by atoms with Crippen LogP contribution in [-0.4, -0.2) is 35.9 Å². The molecule has 2 rings (SSSR count). The van der Waals surface area contributed by atoms with Gasteiger partial charge in [0.15, 0.2) is 0 Å². The van der Waals surface area contributed by atoms with E-state index in [1.165, 1.54) is 25.0 Å². The minimum Gasteiger partial charge on any atom is -0.372 e. The summed E-state index contributed by atoms with van der Waals surface area (Å²) in [5.74, 6) is 0.357. The van der Waals surface area contributed by atoms with Crippen molar-refractivity contribution in [3.63, 3.8) is 0 Å². The van der Waals surface area contributed by atoms with Crippen molar-refractivity contribution in [2.45, 2.75) is 51.1 Å². The van der Waals surface area contributed by atoms with Gasteiger partial charge in [-0.15, -0.1) is 0 Å². The lowest BCUT2D eigenvalue weighted by Crippen LogP contribution is -2.40. The number of hydrogen-bond acceptors (Lipinski definition) is 3. The minimum atomic E-state index is 0.357. The van der Waals surface area contributed by atoms with E-state index in [0.717, 1.165) is 19.0 Å². The Morgan fingerprint density at radius 2 is 2.31 bits per heavy atom. The maximum atomic E-state index is 11.1. The Hall–Kier alpha value is -0.830. The second-order valence-electron chi connectivity index (χ2n) is 5.12. The first-order valence-electron chi connectivity index (χ1n) is 6.34. The fraction of sp³-hybridized carbons (Fsp3) is 0.769. The van der Waals surface area contributed by atoms with Gasteiger partial charge in [-0.3, -0.25) is 4.79 Å². The maximum Gasteiger partial charge on any atom is 0.148 e. The standard InChI is InChI=1S/C13H22N2O/c1-10(2)15(12-4-3-5-12)7-6-11-8-13(16)9-14-11/h11-12,14H,1,3-9H2,2H3. The molecule has 0 spiro atoms. The quantitative estimate of drug-likeness (QED) is 0.768. The summed E-state index contributed by atoms with van der Waals surface area (Å²) in [5.41, 5.74) is 1.18. The third-order valence-corrected chi connectivity index (χ3v) is 3.79. The number of rotatable bonds is 5. The molecule has 2 aliphatic rings. The molecule has 0 aromatic heterocycles. The molecule has 0 bridgehead atoms. The maximum absolute atomic E-state index is 11.1. The second kappa shape index (κ2) is 5.00. The number of hydrogen-bond donors (Lipinski definition) is 1. The van der Waals surface area contributed by atoms with Crippen molar-refractivity contribution in [1.29, 1.82) is 0 Å². The van der Waals surface area contributed by atoms with Crippen molar-refractivity contribution in [3.8, 4) is 0 Å². The Morgan fingerprint density at radius 1 is 1.56 bits per heavy atom. The van der Waals surface area contributed by atoms with Gasteiger partial charge in [0.2, 0.25) is 0 Å². The molecule has 1 saturated heterocycles. The lowest BCUT2D eigenvalue weighted by atomic mass is 9.91. The molecule has 0 aromatic rings. The van der Waals surface area contributed by atoms with Crippen LogP contribution < -0.4 is 5.32 Å². The van der Waals surface area contributed by atoms with Crippen LogP contribution in [0.2, 0.25) is 0 Å². The SMILES string of the molecule is C=C(C)N(CCC1CC(=O)CN1)C1CCC1. The molecule has 1 aliphatic carbocycles. The Balaban J connectivity index is 1.77. The van der Waals surface area contributed by atoms with E-state index in [-0.39, 0.29) is 0 Å². The van der Waals surface area contributed by atoms with Crippen molar-refractivity contribution in [1.82, 2.24) is 10.2 Å². The van der Waals surface area contributed by atoms with Crippen LogP contribution in [0.25, 0.3) is 0 Å². The van der Waals surface area contributed by atoms with Crippen LogP contribution in [0.3, 0.4) is 0 Å². The Bertz CT molecular complexity index is 284. The number of nitrogens with zero attached hydrogens (tertiary/aromatic N) is 1. The van der Waals surface area contributed by atoms with Crippen LogP contribution in [0.4, 0.5) is 0 Å². The Labute approximate surface area is 97.9 Å². The van der Waals surface area contributed by atoms with Crippen LogP contribution >= 0.6 is 0 Å². The highest BCUT2D eigenvalue weighted by Gasteiger charge is 2.26. The molecule has 0 amide bonds. The zero-order chi connectivity index (χ0) is 11.5. The summed E-state index contributed by atoms with van der Waals surface area (Å²) in [6.45, 7) is 7.76. The van der Waals surface area contributed by atoms with E-state index in [9.17, 15) is 4.79 Å². The fourth-order valence-electron chi connectivity index (χ4n) is 2.56. The molecule has 90 valence electrons. The summed E-state index contributed by atoms with van der Waals surface area (Å²) in [7, 11) is 0. The van der Waals surface area contributed by atoms with Gasteiger partial charge in [0.05, 0.1) is 6.54 Å². The topological polar surface area (TPSA) is 32.3 Å². The predicted octanol–water partition coefficient (Wildman–Crippen LogP) is 1.70. The van der Waals surface area contributed by atoms with Crippen molar-refractivity contribution < 1.29 is 4.79 Å². The molecule has 16 heavy (non-hydrogen) atoms. The normalized spacial score (nSPS) is 25.6. The average molecular weight is 222 g/mol. The van der Waals surface area contributed by atoms with E-state index < -0.39 is 0 Å². The molecule has 1 unspecified atom stereocenters.